The highest BCUT2D eigenvalue weighted by Crippen LogP contribution is 2.27. The Balaban J connectivity index is 1.95. The average Bonchev–Trinajstić information content (AvgIpc) is 2.69. The lowest BCUT2D eigenvalue weighted by molar-refractivity contribution is 0.749. The van der Waals surface area contributed by atoms with Crippen molar-refractivity contribution in [3.05, 3.63) is 47.3 Å². The molecule has 2 aromatic rings. The number of nitrogens with one attached hydrogen (secondary N) is 1. The van der Waals surface area contributed by atoms with Crippen LogP contribution in [0.15, 0.2) is 30.6 Å². The van der Waals surface area contributed by atoms with Gasteiger partial charge in [-0.2, -0.15) is 0 Å². The number of rotatable bonds is 2. The molecule has 4 nitrogen and oxygen atoms in total. The molecular formula is C16H20N4. The van der Waals surface area contributed by atoms with Gasteiger partial charge < -0.3 is 10.2 Å². The highest BCUT2D eigenvalue weighted by molar-refractivity contribution is 5.58. The lowest BCUT2D eigenvalue weighted by Gasteiger charge is -2.24. The van der Waals surface area contributed by atoms with Gasteiger partial charge in [0.15, 0.2) is 0 Å². The van der Waals surface area contributed by atoms with Crippen LogP contribution in [0.4, 0.5) is 11.6 Å². The molecule has 3 rings (SSSR count). The first-order chi connectivity index (χ1) is 9.79. The molecule has 0 saturated heterocycles. The van der Waals surface area contributed by atoms with E-state index in [1.165, 1.54) is 11.1 Å². The molecule has 2 heterocycles. The monoisotopic (exact) mass is 268 g/mol. The second-order valence-electron chi connectivity index (χ2n) is 5.21. The van der Waals surface area contributed by atoms with Crippen LogP contribution in [0.3, 0.4) is 0 Å². The molecule has 0 atom stereocenters. The number of aromatic nitrogens is 2. The summed E-state index contributed by atoms with van der Waals surface area (Å²) in [6.45, 7) is 4.05. The molecule has 0 bridgehead atoms. The van der Waals surface area contributed by atoms with E-state index in [1.54, 1.807) is 6.33 Å². The quantitative estimate of drug-likeness (QED) is 0.909. The first-order valence-electron chi connectivity index (χ1n) is 7.10. The third kappa shape index (κ3) is 2.33. The summed E-state index contributed by atoms with van der Waals surface area (Å²) in [7, 11) is 1.90. The van der Waals surface area contributed by atoms with Crippen molar-refractivity contribution in [2.24, 2.45) is 0 Å². The molecule has 1 N–H and O–H groups in total. The van der Waals surface area contributed by atoms with Gasteiger partial charge in [-0.05, 0) is 30.9 Å². The first-order valence-corrected chi connectivity index (χ1v) is 7.10. The van der Waals surface area contributed by atoms with Gasteiger partial charge in [-0.15, -0.1) is 0 Å². The van der Waals surface area contributed by atoms with E-state index in [0.717, 1.165) is 43.1 Å². The van der Waals surface area contributed by atoms with Crippen molar-refractivity contribution in [2.75, 3.05) is 23.8 Å². The minimum Gasteiger partial charge on any atom is -0.373 e. The SMILES string of the molecule is CNc1ncnc(N2CCCc3ccccc3C2)c1C. The molecule has 1 aliphatic heterocycles. The third-order valence-electron chi connectivity index (χ3n) is 3.95. The van der Waals surface area contributed by atoms with Crippen molar-refractivity contribution in [3.63, 3.8) is 0 Å². The highest BCUT2D eigenvalue weighted by Gasteiger charge is 2.18. The van der Waals surface area contributed by atoms with E-state index < -0.39 is 0 Å². The fourth-order valence-corrected chi connectivity index (χ4v) is 2.89. The van der Waals surface area contributed by atoms with E-state index in [2.05, 4.69) is 51.4 Å². The second kappa shape index (κ2) is 5.49. The second-order valence-corrected chi connectivity index (χ2v) is 5.21. The highest BCUT2D eigenvalue weighted by atomic mass is 15.2. The van der Waals surface area contributed by atoms with Crippen LogP contribution in [0.1, 0.15) is 23.1 Å². The van der Waals surface area contributed by atoms with Crippen molar-refractivity contribution < 1.29 is 0 Å². The van der Waals surface area contributed by atoms with Crippen LogP contribution in [0.2, 0.25) is 0 Å². The van der Waals surface area contributed by atoms with Gasteiger partial charge in [-0.25, -0.2) is 9.97 Å². The fourth-order valence-electron chi connectivity index (χ4n) is 2.89. The maximum Gasteiger partial charge on any atom is 0.137 e. The number of anilines is 2. The molecular weight excluding hydrogens is 248 g/mol. The van der Waals surface area contributed by atoms with E-state index >= 15 is 0 Å². The van der Waals surface area contributed by atoms with Crippen molar-refractivity contribution in [1.29, 1.82) is 0 Å². The zero-order chi connectivity index (χ0) is 13.9. The summed E-state index contributed by atoms with van der Waals surface area (Å²) in [4.78, 5) is 11.1. The van der Waals surface area contributed by atoms with Gasteiger partial charge in [0, 0.05) is 25.7 Å². The number of hydrogen-bond donors (Lipinski definition) is 1. The van der Waals surface area contributed by atoms with Crippen LogP contribution in [0.5, 0.6) is 0 Å². The van der Waals surface area contributed by atoms with Crippen LogP contribution >= 0.6 is 0 Å². The van der Waals surface area contributed by atoms with Crippen LogP contribution in [0, 0.1) is 6.92 Å². The standard InChI is InChI=1S/C16H20N4/c1-12-15(17-2)18-11-19-16(12)20-9-5-8-13-6-3-4-7-14(13)10-20/h3-4,6-7,11H,5,8-10H2,1-2H3,(H,17,18,19). The maximum atomic E-state index is 4.50. The minimum absolute atomic E-state index is 0.910. The predicted octanol–water partition coefficient (Wildman–Crippen LogP) is 2.78. The normalized spacial score (nSPS) is 14.6. The Kier molecular flexibility index (Phi) is 3.54. The van der Waals surface area contributed by atoms with Crippen LogP contribution in [0.25, 0.3) is 0 Å². The molecule has 0 fully saturated rings. The van der Waals surface area contributed by atoms with Crippen molar-refractivity contribution in [2.45, 2.75) is 26.3 Å². The van der Waals surface area contributed by atoms with Gasteiger partial charge in [0.1, 0.15) is 18.0 Å². The summed E-state index contributed by atoms with van der Waals surface area (Å²) >= 11 is 0. The predicted molar refractivity (Wildman–Crippen MR) is 82.1 cm³/mol. The van der Waals surface area contributed by atoms with Gasteiger partial charge in [0.2, 0.25) is 0 Å². The van der Waals surface area contributed by atoms with Gasteiger partial charge in [0.05, 0.1) is 0 Å². The topological polar surface area (TPSA) is 41.1 Å². The first kappa shape index (κ1) is 12.9. The number of nitrogens with zero attached hydrogens (tertiary/aromatic N) is 3. The number of hydrogen-bond acceptors (Lipinski definition) is 4. The van der Waals surface area contributed by atoms with E-state index in [0.29, 0.717) is 0 Å². The fraction of sp³-hybridized carbons (Fsp3) is 0.375. The summed E-state index contributed by atoms with van der Waals surface area (Å²) in [6, 6.07) is 8.71. The number of fused-ring (bicyclic) bond motifs is 1. The summed E-state index contributed by atoms with van der Waals surface area (Å²) in [5.74, 6) is 1.95. The Morgan fingerprint density at radius 1 is 1.15 bits per heavy atom. The summed E-state index contributed by atoms with van der Waals surface area (Å²) in [5.41, 5.74) is 4.00. The van der Waals surface area contributed by atoms with Crippen molar-refractivity contribution in [3.8, 4) is 0 Å². The minimum atomic E-state index is 0.910. The molecule has 0 amide bonds. The van der Waals surface area contributed by atoms with Crippen LogP contribution < -0.4 is 10.2 Å². The zero-order valence-corrected chi connectivity index (χ0v) is 12.1. The van der Waals surface area contributed by atoms with Crippen LogP contribution in [-0.2, 0) is 13.0 Å². The molecule has 0 radical (unpaired) electrons. The van der Waals surface area contributed by atoms with Crippen LogP contribution in [-0.4, -0.2) is 23.6 Å². The van der Waals surface area contributed by atoms with Crippen molar-refractivity contribution >= 4 is 11.6 Å². The lowest BCUT2D eigenvalue weighted by Crippen LogP contribution is -2.25. The number of aryl methyl sites for hydroxylation is 1. The molecule has 0 aliphatic carbocycles. The molecule has 20 heavy (non-hydrogen) atoms. The molecule has 0 unspecified atom stereocenters. The van der Waals surface area contributed by atoms with E-state index in [1.807, 2.05) is 7.05 Å². The average molecular weight is 268 g/mol. The summed E-state index contributed by atoms with van der Waals surface area (Å²) in [5, 5.41) is 3.13. The largest absolute Gasteiger partial charge is 0.373 e. The molecule has 104 valence electrons. The van der Waals surface area contributed by atoms with E-state index in [-0.39, 0.29) is 0 Å². The molecule has 0 saturated carbocycles. The Bertz CT molecular complexity index is 609. The maximum absolute atomic E-state index is 4.50. The van der Waals surface area contributed by atoms with Gasteiger partial charge in [-0.3, -0.25) is 0 Å². The zero-order valence-electron chi connectivity index (χ0n) is 12.1. The Hall–Kier alpha value is -2.10. The molecule has 1 aromatic heterocycles. The van der Waals surface area contributed by atoms with Gasteiger partial charge in [0.25, 0.3) is 0 Å². The Morgan fingerprint density at radius 3 is 2.75 bits per heavy atom. The molecule has 1 aromatic carbocycles. The summed E-state index contributed by atoms with van der Waals surface area (Å²) < 4.78 is 0. The Labute approximate surface area is 119 Å². The van der Waals surface area contributed by atoms with Crippen molar-refractivity contribution in [1.82, 2.24) is 9.97 Å². The van der Waals surface area contributed by atoms with Gasteiger partial charge in [-0.1, -0.05) is 24.3 Å². The molecule has 0 spiro atoms. The van der Waals surface area contributed by atoms with E-state index in [4.69, 9.17) is 0 Å². The smallest absolute Gasteiger partial charge is 0.137 e. The molecule has 1 aliphatic rings. The number of benzene rings is 1. The molecule has 4 heteroatoms. The van der Waals surface area contributed by atoms with Gasteiger partial charge >= 0.3 is 0 Å². The lowest BCUT2D eigenvalue weighted by atomic mass is 10.0. The third-order valence-corrected chi connectivity index (χ3v) is 3.95. The summed E-state index contributed by atoms with van der Waals surface area (Å²) in [6.07, 6.45) is 3.95. The van der Waals surface area contributed by atoms with E-state index in [9.17, 15) is 0 Å². The Morgan fingerprint density at radius 2 is 1.95 bits per heavy atom.